The molecule has 9 heteroatoms. The van der Waals surface area contributed by atoms with Crippen molar-refractivity contribution < 1.29 is 19.1 Å². The molecule has 0 atom stereocenters. The summed E-state index contributed by atoms with van der Waals surface area (Å²) in [6.45, 7) is 5.57. The molecule has 3 aromatic rings. The maximum Gasteiger partial charge on any atom is 0.315 e. The van der Waals surface area contributed by atoms with E-state index in [-0.39, 0.29) is 37.4 Å². The first kappa shape index (κ1) is 27.6. The number of carbonyl (C=O) groups excluding carboxylic acids is 2. The van der Waals surface area contributed by atoms with Gasteiger partial charge in [-0.1, -0.05) is 24.3 Å². The SMILES string of the molecule is CCOC(=O)CC(=O)N(Cc1ccc2ccc(C(=N)N)cc2c1)c1ccc(OC2CCN(C(C)=N)CC2)cc1. The number of fused-ring (bicyclic) bond motifs is 1. The van der Waals surface area contributed by atoms with Gasteiger partial charge in [0, 0.05) is 37.2 Å². The van der Waals surface area contributed by atoms with Crippen molar-refractivity contribution in [2.75, 3.05) is 24.6 Å². The number of carbonyl (C=O) groups is 2. The third kappa shape index (κ3) is 7.13. The molecule has 0 saturated carbocycles. The Morgan fingerprint density at radius 1 is 1.00 bits per heavy atom. The Balaban J connectivity index is 1.53. The third-order valence-corrected chi connectivity index (χ3v) is 6.83. The number of amides is 1. The number of nitrogens with zero attached hydrogens (tertiary/aromatic N) is 2. The summed E-state index contributed by atoms with van der Waals surface area (Å²) in [6.07, 6.45) is 1.40. The summed E-state index contributed by atoms with van der Waals surface area (Å²) < 4.78 is 11.2. The average Bonchev–Trinajstić information content (AvgIpc) is 2.92. The lowest BCUT2D eigenvalue weighted by Crippen LogP contribution is -2.40. The second kappa shape index (κ2) is 12.4. The number of hydrogen-bond acceptors (Lipinski definition) is 6. The van der Waals surface area contributed by atoms with Crippen molar-refractivity contribution in [2.45, 2.75) is 45.8 Å². The molecular formula is C30H35N5O4. The number of rotatable bonds is 9. The number of nitrogen functional groups attached to an aromatic ring is 1. The van der Waals surface area contributed by atoms with E-state index >= 15 is 0 Å². The van der Waals surface area contributed by atoms with Gasteiger partial charge in [0.2, 0.25) is 5.91 Å². The second-order valence-electron chi connectivity index (χ2n) is 9.66. The van der Waals surface area contributed by atoms with Gasteiger partial charge in [-0.2, -0.15) is 0 Å². The molecule has 1 aliphatic heterocycles. The van der Waals surface area contributed by atoms with E-state index in [9.17, 15) is 9.59 Å². The summed E-state index contributed by atoms with van der Waals surface area (Å²) >= 11 is 0. The van der Waals surface area contributed by atoms with E-state index in [2.05, 4.69) is 0 Å². The number of piperidine rings is 1. The van der Waals surface area contributed by atoms with Gasteiger partial charge in [-0.15, -0.1) is 0 Å². The van der Waals surface area contributed by atoms with Crippen LogP contribution in [0.4, 0.5) is 5.69 Å². The van der Waals surface area contributed by atoms with E-state index in [1.165, 1.54) is 0 Å². The molecule has 3 aromatic carbocycles. The van der Waals surface area contributed by atoms with Crippen LogP contribution in [0.25, 0.3) is 10.8 Å². The molecule has 9 nitrogen and oxygen atoms in total. The van der Waals surface area contributed by atoms with E-state index in [0.29, 0.717) is 22.8 Å². The van der Waals surface area contributed by atoms with Crippen molar-refractivity contribution in [3.8, 4) is 5.75 Å². The van der Waals surface area contributed by atoms with Gasteiger partial charge in [0.05, 0.1) is 19.0 Å². The first-order chi connectivity index (χ1) is 18.7. The van der Waals surface area contributed by atoms with Crippen LogP contribution < -0.4 is 15.4 Å². The number of amidine groups is 2. The molecule has 1 heterocycles. The van der Waals surface area contributed by atoms with Crippen molar-refractivity contribution in [3.63, 3.8) is 0 Å². The maximum absolute atomic E-state index is 13.3. The van der Waals surface area contributed by atoms with Crippen LogP contribution in [0.3, 0.4) is 0 Å². The van der Waals surface area contributed by atoms with Crippen LogP contribution in [-0.2, 0) is 20.9 Å². The van der Waals surface area contributed by atoms with Gasteiger partial charge >= 0.3 is 5.97 Å². The van der Waals surface area contributed by atoms with Gasteiger partial charge in [0.15, 0.2) is 0 Å². The normalized spacial score (nSPS) is 13.6. The number of nitrogens with one attached hydrogen (secondary N) is 2. The average molecular weight is 530 g/mol. The first-order valence-electron chi connectivity index (χ1n) is 13.1. The zero-order valence-electron chi connectivity index (χ0n) is 22.4. The molecule has 0 bridgehead atoms. The van der Waals surface area contributed by atoms with Crippen LogP contribution in [0, 0.1) is 10.8 Å². The molecule has 204 valence electrons. The Morgan fingerprint density at radius 2 is 1.69 bits per heavy atom. The summed E-state index contributed by atoms with van der Waals surface area (Å²) in [5.74, 6) is 0.351. The van der Waals surface area contributed by atoms with E-state index in [1.807, 2.05) is 59.5 Å². The molecule has 0 spiro atoms. The van der Waals surface area contributed by atoms with Crippen LogP contribution in [0.5, 0.6) is 5.75 Å². The van der Waals surface area contributed by atoms with E-state index < -0.39 is 5.97 Å². The van der Waals surface area contributed by atoms with E-state index in [1.54, 1.807) is 24.8 Å². The number of nitrogens with two attached hydrogens (primary N) is 1. The Morgan fingerprint density at radius 3 is 2.33 bits per heavy atom. The lowest BCUT2D eigenvalue weighted by atomic mass is 10.0. The fourth-order valence-electron chi connectivity index (χ4n) is 4.71. The van der Waals surface area contributed by atoms with Gasteiger partial charge in [-0.05, 0) is 66.6 Å². The monoisotopic (exact) mass is 529 g/mol. The highest BCUT2D eigenvalue weighted by Crippen LogP contribution is 2.26. The Kier molecular flexibility index (Phi) is 8.81. The fraction of sp³-hybridized carbons (Fsp3) is 0.333. The highest BCUT2D eigenvalue weighted by Gasteiger charge is 2.23. The summed E-state index contributed by atoms with van der Waals surface area (Å²) in [5, 5.41) is 17.4. The van der Waals surface area contributed by atoms with Crippen molar-refractivity contribution in [1.82, 2.24) is 4.90 Å². The molecule has 1 amide bonds. The first-order valence-corrected chi connectivity index (χ1v) is 13.1. The number of likely N-dealkylation sites (tertiary alicyclic amines) is 1. The predicted molar refractivity (Wildman–Crippen MR) is 152 cm³/mol. The van der Waals surface area contributed by atoms with Gasteiger partial charge in [0.25, 0.3) is 0 Å². The topological polar surface area (TPSA) is 133 Å². The Hall–Kier alpha value is -4.40. The van der Waals surface area contributed by atoms with Crippen molar-refractivity contribution in [3.05, 3.63) is 71.8 Å². The highest BCUT2D eigenvalue weighted by atomic mass is 16.5. The lowest BCUT2D eigenvalue weighted by molar-refractivity contribution is -0.145. The Bertz CT molecular complexity index is 1360. The minimum atomic E-state index is -0.566. The molecule has 1 fully saturated rings. The molecule has 0 unspecified atom stereocenters. The van der Waals surface area contributed by atoms with Gasteiger partial charge in [-0.3, -0.25) is 20.4 Å². The quantitative estimate of drug-likeness (QED) is 0.162. The molecular weight excluding hydrogens is 494 g/mol. The lowest BCUT2D eigenvalue weighted by Gasteiger charge is -2.33. The van der Waals surface area contributed by atoms with Crippen LogP contribution in [0.15, 0.2) is 60.7 Å². The van der Waals surface area contributed by atoms with Crippen LogP contribution in [-0.4, -0.2) is 54.2 Å². The Labute approximate surface area is 228 Å². The smallest absolute Gasteiger partial charge is 0.315 e. The van der Waals surface area contributed by atoms with Gasteiger partial charge < -0.3 is 25.0 Å². The molecule has 0 aromatic heterocycles. The van der Waals surface area contributed by atoms with Crippen molar-refractivity contribution in [2.24, 2.45) is 5.73 Å². The standard InChI is InChI=1S/C30H35N5O4/c1-3-38-29(37)18-28(36)35(19-21-4-5-22-6-7-23(30(32)33)17-24(22)16-21)25-8-10-26(11-9-25)39-27-12-14-34(15-13-27)20(2)31/h4-11,16-17,27,31H,3,12-15,18-19H2,1-2H3,(H3,32,33). The summed E-state index contributed by atoms with van der Waals surface area (Å²) in [6, 6.07) is 18.8. The van der Waals surface area contributed by atoms with Crippen molar-refractivity contribution in [1.29, 1.82) is 10.8 Å². The number of anilines is 1. The van der Waals surface area contributed by atoms with Gasteiger partial charge in [0.1, 0.15) is 24.1 Å². The van der Waals surface area contributed by atoms with Crippen molar-refractivity contribution >= 4 is 40.0 Å². The minimum Gasteiger partial charge on any atom is -0.490 e. The second-order valence-corrected chi connectivity index (χ2v) is 9.66. The zero-order valence-corrected chi connectivity index (χ0v) is 22.4. The number of hydrogen-bond donors (Lipinski definition) is 3. The predicted octanol–water partition coefficient (Wildman–Crippen LogP) is 4.45. The molecule has 0 aliphatic carbocycles. The van der Waals surface area contributed by atoms with Crippen LogP contribution >= 0.6 is 0 Å². The van der Waals surface area contributed by atoms with Crippen LogP contribution in [0.1, 0.15) is 44.2 Å². The van der Waals surface area contributed by atoms with Crippen LogP contribution in [0.2, 0.25) is 0 Å². The summed E-state index contributed by atoms with van der Waals surface area (Å²) in [7, 11) is 0. The molecule has 0 radical (unpaired) electrons. The molecule has 1 aliphatic rings. The van der Waals surface area contributed by atoms with E-state index in [4.69, 9.17) is 26.0 Å². The largest absolute Gasteiger partial charge is 0.490 e. The molecule has 39 heavy (non-hydrogen) atoms. The molecule has 4 rings (SSSR count). The summed E-state index contributed by atoms with van der Waals surface area (Å²) in [4.78, 5) is 29.0. The van der Waals surface area contributed by atoms with Gasteiger partial charge in [-0.25, -0.2) is 0 Å². The molecule has 1 saturated heterocycles. The third-order valence-electron chi connectivity index (χ3n) is 6.83. The number of ether oxygens (including phenoxy) is 2. The molecule has 4 N–H and O–H groups in total. The summed E-state index contributed by atoms with van der Waals surface area (Å²) in [5.41, 5.74) is 7.81. The van der Waals surface area contributed by atoms with E-state index in [0.717, 1.165) is 42.3 Å². The number of esters is 1. The maximum atomic E-state index is 13.3. The zero-order chi connectivity index (χ0) is 27.9. The fourth-order valence-corrected chi connectivity index (χ4v) is 4.71. The highest BCUT2D eigenvalue weighted by molar-refractivity contribution is 6.03. The minimum absolute atomic E-state index is 0.00811. The number of benzene rings is 3.